The van der Waals surface area contributed by atoms with E-state index in [-0.39, 0.29) is 5.91 Å². The Balaban J connectivity index is 0.00000176. The van der Waals surface area contributed by atoms with Gasteiger partial charge in [0.25, 0.3) is 0 Å². The number of carbonyl (C=O) groups is 1. The molecular weight excluding hydrogens is 336 g/mol. The maximum absolute atomic E-state index is 12.4. The zero-order chi connectivity index (χ0) is 20.3. The molecule has 0 aromatic heterocycles. The van der Waals surface area contributed by atoms with E-state index in [9.17, 15) is 4.79 Å². The fourth-order valence-corrected chi connectivity index (χ4v) is 4.20. The van der Waals surface area contributed by atoms with Crippen LogP contribution in [0, 0.1) is 10.8 Å². The fourth-order valence-electron chi connectivity index (χ4n) is 4.20. The molecule has 27 heavy (non-hydrogen) atoms. The van der Waals surface area contributed by atoms with Gasteiger partial charge in [0.15, 0.2) is 0 Å². The molecule has 2 saturated heterocycles. The smallest absolute Gasteiger partial charge is 0.224 e. The van der Waals surface area contributed by atoms with Gasteiger partial charge in [-0.2, -0.15) is 0 Å². The molecule has 160 valence electrons. The van der Waals surface area contributed by atoms with Gasteiger partial charge in [-0.15, -0.1) is 0 Å². The minimum Gasteiger partial charge on any atom is -0.381 e. The van der Waals surface area contributed by atoms with Crippen LogP contribution in [0.25, 0.3) is 0 Å². The first-order chi connectivity index (χ1) is 12.8. The van der Waals surface area contributed by atoms with Crippen molar-refractivity contribution in [1.29, 1.82) is 0 Å². The van der Waals surface area contributed by atoms with Gasteiger partial charge in [-0.05, 0) is 69.0 Å². The van der Waals surface area contributed by atoms with Crippen LogP contribution in [-0.4, -0.2) is 61.6 Å². The molecule has 0 aromatic carbocycles. The Morgan fingerprint density at radius 2 is 1.52 bits per heavy atom. The first-order valence-electron chi connectivity index (χ1n) is 11.4. The highest BCUT2D eigenvalue weighted by Crippen LogP contribution is 2.41. The first kappa shape index (κ1) is 24.4. The third-order valence-electron chi connectivity index (χ3n) is 6.22. The number of nitrogens with zero attached hydrogens (tertiary/aromatic N) is 2. The Morgan fingerprint density at radius 1 is 0.963 bits per heavy atom. The van der Waals surface area contributed by atoms with Gasteiger partial charge in [-0.1, -0.05) is 41.5 Å². The molecule has 0 N–H and O–H groups in total. The molecule has 0 atom stereocenters. The second kappa shape index (κ2) is 12.1. The molecule has 4 heteroatoms. The number of rotatable bonds is 7. The second-order valence-corrected chi connectivity index (χ2v) is 9.34. The van der Waals surface area contributed by atoms with Gasteiger partial charge in [0.2, 0.25) is 5.91 Å². The molecule has 0 bridgehead atoms. The number of amides is 1. The highest BCUT2D eigenvalue weighted by molar-refractivity contribution is 5.76. The van der Waals surface area contributed by atoms with Gasteiger partial charge < -0.3 is 14.5 Å². The van der Waals surface area contributed by atoms with Crippen molar-refractivity contribution in [3.63, 3.8) is 0 Å². The molecule has 4 nitrogen and oxygen atoms in total. The third-order valence-corrected chi connectivity index (χ3v) is 6.22. The summed E-state index contributed by atoms with van der Waals surface area (Å²) in [5.74, 6) is 0.289. The van der Waals surface area contributed by atoms with E-state index in [1.54, 1.807) is 0 Å². The van der Waals surface area contributed by atoms with Crippen molar-refractivity contribution in [2.45, 2.75) is 86.5 Å². The normalized spacial score (nSPS) is 20.3. The summed E-state index contributed by atoms with van der Waals surface area (Å²) < 4.78 is 5.67. The Hall–Kier alpha value is -0.610. The van der Waals surface area contributed by atoms with E-state index in [4.69, 9.17) is 4.74 Å². The van der Waals surface area contributed by atoms with E-state index in [1.807, 2.05) is 13.8 Å². The summed E-state index contributed by atoms with van der Waals surface area (Å²) in [5, 5.41) is 0. The molecule has 0 saturated carbocycles. The van der Waals surface area contributed by atoms with Crippen LogP contribution in [0.1, 0.15) is 86.5 Å². The summed E-state index contributed by atoms with van der Waals surface area (Å²) in [6.07, 6.45) is 7.83. The molecule has 2 fully saturated rings. The number of piperidine rings is 2. The molecule has 0 unspecified atom stereocenters. The highest BCUT2D eigenvalue weighted by Gasteiger charge is 2.37. The zero-order valence-corrected chi connectivity index (χ0v) is 19.1. The lowest BCUT2D eigenvalue weighted by atomic mass is 9.71. The molecule has 1 spiro atoms. The number of carbonyl (C=O) groups excluding carboxylic acids is 1. The Labute approximate surface area is 169 Å². The molecule has 2 heterocycles. The van der Waals surface area contributed by atoms with Crippen LogP contribution in [0.15, 0.2) is 0 Å². The number of ether oxygens (including phenoxy) is 1. The predicted molar refractivity (Wildman–Crippen MR) is 115 cm³/mol. The van der Waals surface area contributed by atoms with E-state index >= 15 is 0 Å². The van der Waals surface area contributed by atoms with E-state index in [0.29, 0.717) is 23.9 Å². The minimum absolute atomic E-state index is 0.289. The Kier molecular flexibility index (Phi) is 10.9. The van der Waals surface area contributed by atoms with E-state index in [0.717, 1.165) is 26.1 Å². The molecule has 1 amide bonds. The summed E-state index contributed by atoms with van der Waals surface area (Å²) in [5.41, 5.74) is 0.891. The first-order valence-corrected chi connectivity index (χ1v) is 11.4. The average Bonchev–Trinajstić information content (AvgIpc) is 2.66. The lowest BCUT2D eigenvalue weighted by molar-refractivity contribution is -0.135. The van der Waals surface area contributed by atoms with Crippen molar-refractivity contribution in [3.8, 4) is 0 Å². The Morgan fingerprint density at radius 3 is 2.04 bits per heavy atom. The van der Waals surface area contributed by atoms with Gasteiger partial charge in [0.1, 0.15) is 0 Å². The molecule has 0 aliphatic carbocycles. The summed E-state index contributed by atoms with van der Waals surface area (Å²) in [7, 11) is 0. The molecule has 0 radical (unpaired) electrons. The van der Waals surface area contributed by atoms with Crippen LogP contribution in [-0.2, 0) is 9.53 Å². The highest BCUT2D eigenvalue weighted by atomic mass is 16.5. The third kappa shape index (κ3) is 8.95. The van der Waals surface area contributed by atoms with Crippen molar-refractivity contribution < 1.29 is 9.53 Å². The predicted octanol–water partition coefficient (Wildman–Crippen LogP) is 4.97. The topological polar surface area (TPSA) is 32.8 Å². The van der Waals surface area contributed by atoms with Crippen LogP contribution in [0.5, 0.6) is 0 Å². The van der Waals surface area contributed by atoms with Gasteiger partial charge in [0.05, 0.1) is 13.0 Å². The van der Waals surface area contributed by atoms with Gasteiger partial charge >= 0.3 is 0 Å². The maximum Gasteiger partial charge on any atom is 0.224 e. The largest absolute Gasteiger partial charge is 0.381 e. The van der Waals surface area contributed by atoms with Crippen molar-refractivity contribution >= 4 is 5.91 Å². The average molecular weight is 383 g/mol. The van der Waals surface area contributed by atoms with E-state index < -0.39 is 0 Å². The quantitative estimate of drug-likeness (QED) is 0.583. The summed E-state index contributed by atoms with van der Waals surface area (Å²) in [4.78, 5) is 17.0. The summed E-state index contributed by atoms with van der Waals surface area (Å²) >= 11 is 0. The summed E-state index contributed by atoms with van der Waals surface area (Å²) in [6, 6.07) is 0. The van der Waals surface area contributed by atoms with Crippen molar-refractivity contribution in [2.24, 2.45) is 10.8 Å². The number of likely N-dealkylation sites (tertiary alicyclic amines) is 2. The van der Waals surface area contributed by atoms with E-state index in [2.05, 4.69) is 37.5 Å². The van der Waals surface area contributed by atoms with Crippen LogP contribution in [0.3, 0.4) is 0 Å². The Bertz CT molecular complexity index is 399. The second-order valence-electron chi connectivity index (χ2n) is 9.34. The lowest BCUT2D eigenvalue weighted by Gasteiger charge is -2.46. The monoisotopic (exact) mass is 382 g/mol. The van der Waals surface area contributed by atoms with Gasteiger partial charge in [-0.25, -0.2) is 0 Å². The van der Waals surface area contributed by atoms with Crippen LogP contribution in [0.2, 0.25) is 0 Å². The zero-order valence-electron chi connectivity index (χ0n) is 19.1. The standard InChI is InChI=1S/C21H40N2O2.C2H6/c1-5-22-13-9-21(10-14-22)11-15-23(16-12-21)19(24)7-18-25-17-6-8-20(2,3)4;1-2/h5-18H2,1-4H3;1-2H3. The van der Waals surface area contributed by atoms with Crippen LogP contribution in [0.4, 0.5) is 0 Å². The fraction of sp³-hybridized carbons (Fsp3) is 0.957. The van der Waals surface area contributed by atoms with Crippen molar-refractivity contribution in [3.05, 3.63) is 0 Å². The summed E-state index contributed by atoms with van der Waals surface area (Å²) in [6.45, 7) is 19.9. The minimum atomic E-state index is 0.289. The van der Waals surface area contributed by atoms with Gasteiger partial charge in [-0.3, -0.25) is 4.79 Å². The van der Waals surface area contributed by atoms with Crippen LogP contribution < -0.4 is 0 Å². The molecular formula is C23H46N2O2. The maximum atomic E-state index is 12.4. The molecule has 2 aliphatic rings. The number of hydrogen-bond donors (Lipinski definition) is 0. The molecule has 2 aliphatic heterocycles. The van der Waals surface area contributed by atoms with Crippen LogP contribution >= 0.6 is 0 Å². The van der Waals surface area contributed by atoms with E-state index in [1.165, 1.54) is 51.7 Å². The molecule has 2 rings (SSSR count). The van der Waals surface area contributed by atoms with Crippen molar-refractivity contribution in [2.75, 3.05) is 45.9 Å². The number of hydrogen-bond acceptors (Lipinski definition) is 3. The van der Waals surface area contributed by atoms with Crippen molar-refractivity contribution in [1.82, 2.24) is 9.80 Å². The molecule has 0 aromatic rings. The SMILES string of the molecule is CC.CCN1CCC2(CC1)CCN(C(=O)CCOCCCC(C)(C)C)CC2. The van der Waals surface area contributed by atoms with Gasteiger partial charge in [0, 0.05) is 19.7 Å². The lowest BCUT2D eigenvalue weighted by Crippen LogP contribution is -2.48.